The van der Waals surface area contributed by atoms with Crippen LogP contribution in [0.25, 0.3) is 11.5 Å². The maximum atomic E-state index is 10.4. The first kappa shape index (κ1) is 13.0. The molecular formula is C11H8BrClN2O3. The van der Waals surface area contributed by atoms with Crippen LogP contribution >= 0.6 is 27.5 Å². The summed E-state index contributed by atoms with van der Waals surface area (Å²) in [4.78, 5) is 10.4. The summed E-state index contributed by atoms with van der Waals surface area (Å²) in [6, 6.07) is 5.20. The zero-order valence-electron chi connectivity index (χ0n) is 9.06. The monoisotopic (exact) mass is 330 g/mol. The Morgan fingerprint density at radius 2 is 2.22 bits per heavy atom. The Hall–Kier alpha value is -1.40. The molecular weight excluding hydrogens is 323 g/mol. The van der Waals surface area contributed by atoms with E-state index in [9.17, 15) is 4.79 Å². The van der Waals surface area contributed by atoms with Crippen molar-refractivity contribution in [2.24, 2.45) is 0 Å². The minimum absolute atomic E-state index is 0.0433. The Balaban J connectivity index is 2.23. The van der Waals surface area contributed by atoms with Crippen molar-refractivity contribution in [2.45, 2.75) is 12.8 Å². The van der Waals surface area contributed by atoms with Gasteiger partial charge in [0.05, 0.1) is 12.0 Å². The predicted molar refractivity (Wildman–Crippen MR) is 68.4 cm³/mol. The van der Waals surface area contributed by atoms with Crippen LogP contribution in [0.3, 0.4) is 0 Å². The molecule has 1 aromatic carbocycles. The van der Waals surface area contributed by atoms with E-state index in [2.05, 4.69) is 26.1 Å². The summed E-state index contributed by atoms with van der Waals surface area (Å²) in [7, 11) is 0. The molecule has 1 N–H and O–H groups in total. The van der Waals surface area contributed by atoms with E-state index in [0.717, 1.165) is 4.47 Å². The van der Waals surface area contributed by atoms with Gasteiger partial charge in [-0.15, -0.1) is 10.2 Å². The highest BCUT2D eigenvalue weighted by molar-refractivity contribution is 9.10. The molecule has 2 aromatic rings. The third kappa shape index (κ3) is 3.08. The number of aliphatic carboxylic acids is 1. The molecule has 1 heterocycles. The van der Waals surface area contributed by atoms with Crippen LogP contribution in [0, 0.1) is 0 Å². The Morgan fingerprint density at radius 1 is 1.44 bits per heavy atom. The molecule has 0 aliphatic heterocycles. The summed E-state index contributed by atoms with van der Waals surface area (Å²) in [6.07, 6.45) is 0.166. The number of carboxylic acid groups (broad SMARTS) is 1. The van der Waals surface area contributed by atoms with Gasteiger partial charge in [-0.3, -0.25) is 4.79 Å². The van der Waals surface area contributed by atoms with Crippen molar-refractivity contribution in [3.8, 4) is 11.5 Å². The number of halogens is 2. The molecule has 0 spiro atoms. The number of carbonyl (C=O) groups is 1. The highest BCUT2D eigenvalue weighted by Gasteiger charge is 2.13. The maximum absolute atomic E-state index is 10.4. The summed E-state index contributed by atoms with van der Waals surface area (Å²) in [5.41, 5.74) is 0.677. The fourth-order valence-electron chi connectivity index (χ4n) is 1.34. The molecule has 0 saturated heterocycles. The van der Waals surface area contributed by atoms with Gasteiger partial charge in [0, 0.05) is 15.9 Å². The van der Waals surface area contributed by atoms with Crippen molar-refractivity contribution < 1.29 is 14.3 Å². The first-order valence-corrected chi connectivity index (χ1v) is 6.23. The number of aromatic nitrogens is 2. The number of benzene rings is 1. The zero-order valence-corrected chi connectivity index (χ0v) is 11.4. The van der Waals surface area contributed by atoms with Crippen LogP contribution in [0.4, 0.5) is 0 Å². The van der Waals surface area contributed by atoms with Crippen LogP contribution in [-0.4, -0.2) is 21.3 Å². The molecule has 18 heavy (non-hydrogen) atoms. The molecule has 5 nitrogen and oxygen atoms in total. The van der Waals surface area contributed by atoms with Crippen LogP contribution in [-0.2, 0) is 11.2 Å². The molecule has 0 unspecified atom stereocenters. The maximum Gasteiger partial charge on any atom is 0.303 e. The lowest BCUT2D eigenvalue weighted by Crippen LogP contribution is -1.97. The Kier molecular flexibility index (Phi) is 3.98. The van der Waals surface area contributed by atoms with Gasteiger partial charge in [0.2, 0.25) is 11.8 Å². The van der Waals surface area contributed by atoms with E-state index in [1.54, 1.807) is 18.2 Å². The Bertz CT molecular complexity index is 585. The predicted octanol–water partition coefficient (Wildman–Crippen LogP) is 3.17. The minimum atomic E-state index is -0.904. The highest BCUT2D eigenvalue weighted by Crippen LogP contribution is 2.29. The Labute approximate surface area is 116 Å². The lowest BCUT2D eigenvalue weighted by atomic mass is 10.2. The fourth-order valence-corrected chi connectivity index (χ4v) is 1.93. The van der Waals surface area contributed by atoms with Gasteiger partial charge in [0.25, 0.3) is 0 Å². The summed E-state index contributed by atoms with van der Waals surface area (Å²) >= 11 is 9.25. The molecule has 0 aliphatic rings. The van der Waals surface area contributed by atoms with Crippen molar-refractivity contribution in [3.05, 3.63) is 33.6 Å². The van der Waals surface area contributed by atoms with Gasteiger partial charge in [0.1, 0.15) is 0 Å². The number of hydrogen-bond donors (Lipinski definition) is 1. The van der Waals surface area contributed by atoms with E-state index in [1.165, 1.54) is 0 Å². The molecule has 94 valence electrons. The Morgan fingerprint density at radius 3 is 2.94 bits per heavy atom. The lowest BCUT2D eigenvalue weighted by molar-refractivity contribution is -0.137. The third-order valence-corrected chi connectivity index (χ3v) is 3.10. The van der Waals surface area contributed by atoms with Crippen molar-refractivity contribution >= 4 is 33.5 Å². The molecule has 0 amide bonds. The fraction of sp³-hybridized carbons (Fsp3) is 0.182. The average Bonchev–Trinajstić information content (AvgIpc) is 2.78. The van der Waals surface area contributed by atoms with Gasteiger partial charge in [-0.05, 0) is 34.1 Å². The summed E-state index contributed by atoms with van der Waals surface area (Å²) in [5, 5.41) is 16.8. The molecule has 0 radical (unpaired) electrons. The van der Waals surface area contributed by atoms with E-state index >= 15 is 0 Å². The SMILES string of the molecule is O=C(O)CCc1nnc(-c2cc(Cl)ccc2Br)o1. The second-order valence-electron chi connectivity index (χ2n) is 3.52. The molecule has 7 heteroatoms. The van der Waals surface area contributed by atoms with Crippen molar-refractivity contribution in [2.75, 3.05) is 0 Å². The van der Waals surface area contributed by atoms with Gasteiger partial charge in [0.15, 0.2) is 0 Å². The first-order valence-electron chi connectivity index (χ1n) is 5.06. The molecule has 0 aliphatic carbocycles. The summed E-state index contributed by atoms with van der Waals surface area (Å²) in [5.74, 6) is -0.303. The largest absolute Gasteiger partial charge is 0.481 e. The van der Waals surface area contributed by atoms with Gasteiger partial charge < -0.3 is 9.52 Å². The van der Waals surface area contributed by atoms with Gasteiger partial charge in [-0.1, -0.05) is 11.6 Å². The van der Waals surface area contributed by atoms with Crippen LogP contribution < -0.4 is 0 Å². The van der Waals surface area contributed by atoms with Crippen LogP contribution in [0.15, 0.2) is 27.1 Å². The molecule has 0 atom stereocenters. The topological polar surface area (TPSA) is 76.2 Å². The van der Waals surface area contributed by atoms with E-state index in [0.29, 0.717) is 22.4 Å². The van der Waals surface area contributed by atoms with Crippen LogP contribution in [0.1, 0.15) is 12.3 Å². The lowest BCUT2D eigenvalue weighted by Gasteiger charge is -1.99. The van der Waals surface area contributed by atoms with E-state index in [1.807, 2.05) is 0 Å². The molecule has 0 bridgehead atoms. The second-order valence-corrected chi connectivity index (χ2v) is 4.81. The molecule has 0 saturated carbocycles. The third-order valence-electron chi connectivity index (χ3n) is 2.18. The van der Waals surface area contributed by atoms with Crippen molar-refractivity contribution in [1.29, 1.82) is 0 Å². The van der Waals surface area contributed by atoms with Crippen molar-refractivity contribution in [1.82, 2.24) is 10.2 Å². The zero-order chi connectivity index (χ0) is 13.1. The van der Waals surface area contributed by atoms with Gasteiger partial charge in [-0.25, -0.2) is 0 Å². The number of rotatable bonds is 4. The normalized spacial score (nSPS) is 10.6. The number of nitrogens with zero attached hydrogens (tertiary/aromatic N) is 2. The van der Waals surface area contributed by atoms with Crippen molar-refractivity contribution in [3.63, 3.8) is 0 Å². The van der Waals surface area contributed by atoms with Gasteiger partial charge in [-0.2, -0.15) is 0 Å². The molecule has 2 rings (SSSR count). The first-order chi connectivity index (χ1) is 8.56. The average molecular weight is 332 g/mol. The minimum Gasteiger partial charge on any atom is -0.481 e. The molecule has 1 aromatic heterocycles. The van der Waals surface area contributed by atoms with Crippen LogP contribution in [0.2, 0.25) is 5.02 Å². The molecule has 0 fully saturated rings. The van der Waals surface area contributed by atoms with E-state index in [4.69, 9.17) is 21.1 Å². The smallest absolute Gasteiger partial charge is 0.303 e. The summed E-state index contributed by atoms with van der Waals surface area (Å²) in [6.45, 7) is 0. The highest BCUT2D eigenvalue weighted by atomic mass is 79.9. The van der Waals surface area contributed by atoms with Gasteiger partial charge >= 0.3 is 5.97 Å². The quantitative estimate of drug-likeness (QED) is 0.931. The van der Waals surface area contributed by atoms with E-state index in [-0.39, 0.29) is 12.8 Å². The summed E-state index contributed by atoms with van der Waals surface area (Å²) < 4.78 is 6.16. The van der Waals surface area contributed by atoms with Crippen LogP contribution in [0.5, 0.6) is 0 Å². The number of aryl methyl sites for hydroxylation is 1. The second kappa shape index (κ2) is 5.49. The van der Waals surface area contributed by atoms with E-state index < -0.39 is 5.97 Å². The number of carboxylic acids is 1. The number of hydrogen-bond acceptors (Lipinski definition) is 4. The standard InChI is InChI=1S/C11H8BrClN2O3/c12-8-2-1-6(13)5-7(8)11-15-14-9(18-11)3-4-10(16)17/h1-2,5H,3-4H2,(H,16,17).